The zero-order valence-electron chi connectivity index (χ0n) is 27.0. The number of aromatic nitrogens is 2. The molecule has 7 rings (SSSR count). The second-order valence-corrected chi connectivity index (χ2v) is 13.6. The summed E-state index contributed by atoms with van der Waals surface area (Å²) in [6.45, 7) is 1.96. The molecule has 12 heteroatoms. The number of aliphatic carboxylic acids is 1. The fourth-order valence-corrected chi connectivity index (χ4v) is 7.38. The topological polar surface area (TPSA) is 118 Å². The number of benzene rings is 3. The third kappa shape index (κ3) is 5.91. The van der Waals surface area contributed by atoms with Crippen LogP contribution in [0.15, 0.2) is 48.5 Å². The van der Waals surface area contributed by atoms with Crippen LogP contribution in [0, 0.1) is 0 Å². The van der Waals surface area contributed by atoms with Gasteiger partial charge < -0.3 is 29.4 Å². The Labute approximate surface area is 289 Å². The lowest BCUT2D eigenvalue weighted by Gasteiger charge is -2.21. The van der Waals surface area contributed by atoms with Gasteiger partial charge in [-0.1, -0.05) is 53.5 Å². The maximum atomic E-state index is 13.4. The van der Waals surface area contributed by atoms with Gasteiger partial charge in [-0.2, -0.15) is 0 Å². The van der Waals surface area contributed by atoms with Crippen molar-refractivity contribution in [3.8, 4) is 22.6 Å². The highest BCUT2D eigenvalue weighted by molar-refractivity contribution is 6.36. The molecule has 3 N–H and O–H groups in total. The van der Waals surface area contributed by atoms with E-state index in [-0.39, 0.29) is 12.0 Å². The second kappa shape index (κ2) is 12.7. The van der Waals surface area contributed by atoms with Crippen LogP contribution in [0.3, 0.4) is 0 Å². The van der Waals surface area contributed by atoms with E-state index < -0.39 is 11.5 Å². The van der Waals surface area contributed by atoms with E-state index in [4.69, 9.17) is 32.7 Å². The number of ether oxygens (including phenoxy) is 2. The van der Waals surface area contributed by atoms with Gasteiger partial charge >= 0.3 is 5.97 Å². The van der Waals surface area contributed by atoms with E-state index in [9.17, 15) is 14.7 Å². The maximum absolute atomic E-state index is 13.4. The lowest BCUT2D eigenvalue weighted by Crippen LogP contribution is -2.38. The molecule has 250 valence electrons. The van der Waals surface area contributed by atoms with Gasteiger partial charge in [0.2, 0.25) is 0 Å². The highest BCUT2D eigenvalue weighted by atomic mass is 35.5. The smallest absolute Gasteiger partial charge is 0.323 e. The number of amides is 1. The number of hydrogen-bond donors (Lipinski definition) is 3. The van der Waals surface area contributed by atoms with Crippen molar-refractivity contribution in [1.29, 1.82) is 0 Å². The van der Waals surface area contributed by atoms with Crippen molar-refractivity contribution < 1.29 is 24.2 Å². The van der Waals surface area contributed by atoms with E-state index >= 15 is 0 Å². The molecule has 2 heterocycles. The number of rotatable bonds is 10. The normalized spacial score (nSPS) is 17.8. The number of imidazole rings is 1. The quantitative estimate of drug-likeness (QED) is 0.175. The van der Waals surface area contributed by atoms with Gasteiger partial charge in [0.05, 0.1) is 28.5 Å². The largest absolute Gasteiger partial charge is 0.496 e. The van der Waals surface area contributed by atoms with Gasteiger partial charge in [-0.15, -0.1) is 0 Å². The number of likely N-dealkylation sites (N-methyl/N-ethyl adjacent to an activating group) is 1. The number of carbonyl (C=O) groups excluding carboxylic acids is 1. The number of nitrogens with one attached hydrogen (secondary N) is 2. The zero-order valence-corrected chi connectivity index (χ0v) is 28.5. The molecule has 10 nitrogen and oxygen atoms in total. The van der Waals surface area contributed by atoms with Crippen LogP contribution >= 0.6 is 23.2 Å². The molecule has 0 spiro atoms. The molecule has 3 aromatic carbocycles. The number of carboxylic acid groups (broad SMARTS) is 1. The third-order valence-electron chi connectivity index (χ3n) is 9.78. The fraction of sp³-hybridized carbons (Fsp3) is 0.361. The number of carbonyl (C=O) groups is 2. The number of nitrogens with zero attached hydrogens (tertiary/aromatic N) is 3. The van der Waals surface area contributed by atoms with Gasteiger partial charge in [-0.05, 0) is 61.6 Å². The molecule has 0 radical (unpaired) electrons. The summed E-state index contributed by atoms with van der Waals surface area (Å²) in [6.07, 6.45) is 3.30. The van der Waals surface area contributed by atoms with Gasteiger partial charge in [-0.3, -0.25) is 14.9 Å². The number of carboxylic acids is 1. The minimum Gasteiger partial charge on any atom is -0.496 e. The second-order valence-electron chi connectivity index (χ2n) is 12.9. The summed E-state index contributed by atoms with van der Waals surface area (Å²) in [5.41, 5.74) is 6.39. The van der Waals surface area contributed by atoms with Crippen LogP contribution in [0.5, 0.6) is 11.5 Å². The van der Waals surface area contributed by atoms with E-state index in [1.165, 1.54) is 0 Å². The molecule has 0 bridgehead atoms. The van der Waals surface area contributed by atoms with Crippen molar-refractivity contribution >= 4 is 40.8 Å². The summed E-state index contributed by atoms with van der Waals surface area (Å²) in [6, 6.07) is 15.3. The number of methoxy groups -OCH3 is 1. The van der Waals surface area contributed by atoms with Crippen LogP contribution in [-0.2, 0) is 37.8 Å². The van der Waals surface area contributed by atoms with Gasteiger partial charge in [0.25, 0.3) is 5.91 Å². The van der Waals surface area contributed by atoms with Crippen molar-refractivity contribution in [2.24, 2.45) is 7.05 Å². The predicted molar refractivity (Wildman–Crippen MR) is 184 cm³/mol. The van der Waals surface area contributed by atoms with Crippen molar-refractivity contribution in [3.63, 3.8) is 0 Å². The summed E-state index contributed by atoms with van der Waals surface area (Å²) in [7, 11) is 5.51. The summed E-state index contributed by atoms with van der Waals surface area (Å²) < 4.78 is 14.0. The first-order valence-corrected chi connectivity index (χ1v) is 16.8. The van der Waals surface area contributed by atoms with Crippen LogP contribution in [-0.4, -0.2) is 57.7 Å². The van der Waals surface area contributed by atoms with Gasteiger partial charge in [0.15, 0.2) is 5.82 Å². The van der Waals surface area contributed by atoms with Crippen molar-refractivity contribution in [3.05, 3.63) is 92.5 Å². The zero-order chi connectivity index (χ0) is 33.7. The standard InChI is InChI=1S/C36H37Cl2N5O5/c1-42-15-12-28-27(19-42)40-33(43(28)2)34(44)41-26-9-5-8-24(32(26)38)21-6-4-7-23-22(21)10-11-29(23)48-31-17-30(47-3)20(16-25(31)37)18-39-36(13-14-36)35(45)46/h4-9,16-17,29,39H,10-15,18-19H2,1-3H3,(H,41,44)(H,45,46). The minimum atomic E-state index is -0.873. The molecule has 48 heavy (non-hydrogen) atoms. The lowest BCUT2D eigenvalue weighted by atomic mass is 9.96. The van der Waals surface area contributed by atoms with E-state index in [2.05, 4.69) is 33.6 Å². The first-order valence-electron chi connectivity index (χ1n) is 16.0. The average Bonchev–Trinajstić information content (AvgIpc) is 3.66. The first kappa shape index (κ1) is 32.5. The molecule has 1 aromatic heterocycles. The van der Waals surface area contributed by atoms with Crippen LogP contribution in [0.2, 0.25) is 10.0 Å². The Morgan fingerprint density at radius 2 is 1.83 bits per heavy atom. The number of hydrogen-bond acceptors (Lipinski definition) is 7. The molecular formula is C36H37Cl2N5O5. The molecule has 4 aromatic rings. The molecule has 1 saturated carbocycles. The summed E-state index contributed by atoms with van der Waals surface area (Å²) >= 11 is 13.7. The van der Waals surface area contributed by atoms with Crippen LogP contribution in [0.25, 0.3) is 11.1 Å². The minimum absolute atomic E-state index is 0.247. The van der Waals surface area contributed by atoms with Crippen LogP contribution in [0.4, 0.5) is 5.69 Å². The predicted octanol–water partition coefficient (Wildman–Crippen LogP) is 6.42. The third-order valence-corrected chi connectivity index (χ3v) is 10.5. The molecule has 1 atom stereocenters. The van der Waals surface area contributed by atoms with Crippen LogP contribution in [0.1, 0.15) is 64.1 Å². The van der Waals surface area contributed by atoms with E-state index in [0.717, 1.165) is 65.0 Å². The van der Waals surface area contributed by atoms with Gasteiger partial charge in [0, 0.05) is 56.0 Å². The molecule has 1 aliphatic heterocycles. The molecule has 0 saturated heterocycles. The molecule has 1 unspecified atom stereocenters. The monoisotopic (exact) mass is 689 g/mol. The lowest BCUT2D eigenvalue weighted by molar-refractivity contribution is -0.140. The highest BCUT2D eigenvalue weighted by Gasteiger charge is 2.50. The van der Waals surface area contributed by atoms with Crippen molar-refractivity contribution in [2.75, 3.05) is 26.0 Å². The number of anilines is 1. The summed E-state index contributed by atoms with van der Waals surface area (Å²) in [5, 5.41) is 16.5. The highest BCUT2D eigenvalue weighted by Crippen LogP contribution is 2.45. The van der Waals surface area contributed by atoms with Gasteiger partial charge in [0.1, 0.15) is 23.1 Å². The summed E-state index contributed by atoms with van der Waals surface area (Å²) in [5.74, 6) is 0.275. The van der Waals surface area contributed by atoms with E-state index in [0.29, 0.717) is 59.0 Å². The molecule has 1 fully saturated rings. The Bertz CT molecular complexity index is 1940. The Kier molecular flexibility index (Phi) is 8.62. The number of halogens is 2. The fourth-order valence-electron chi connectivity index (χ4n) is 6.87. The van der Waals surface area contributed by atoms with Crippen molar-refractivity contribution in [2.45, 2.75) is 56.8 Å². The van der Waals surface area contributed by atoms with Crippen LogP contribution < -0.4 is 20.1 Å². The van der Waals surface area contributed by atoms with Gasteiger partial charge in [-0.25, -0.2) is 4.98 Å². The maximum Gasteiger partial charge on any atom is 0.323 e. The van der Waals surface area contributed by atoms with E-state index in [1.807, 2.05) is 35.9 Å². The van der Waals surface area contributed by atoms with Crippen molar-refractivity contribution in [1.82, 2.24) is 19.8 Å². The Morgan fingerprint density at radius 1 is 1.06 bits per heavy atom. The van der Waals surface area contributed by atoms with E-state index in [1.54, 1.807) is 25.3 Å². The Balaban J connectivity index is 1.10. The molecular weight excluding hydrogens is 653 g/mol. The molecule has 3 aliphatic rings. The Hall–Kier alpha value is -4.09. The summed E-state index contributed by atoms with van der Waals surface area (Å²) in [4.78, 5) is 31.9. The molecule has 1 amide bonds. The molecule has 2 aliphatic carbocycles. The Morgan fingerprint density at radius 3 is 2.58 bits per heavy atom. The number of fused-ring (bicyclic) bond motifs is 2. The average molecular weight is 691 g/mol. The SMILES string of the molecule is COc1cc(OC2CCc3c(-c4cccc(NC(=O)c5nc6c(n5C)CCN(C)C6)c4Cl)cccc32)c(Cl)cc1CNC1(C(=O)O)CC1. The first-order chi connectivity index (χ1) is 23.1.